The van der Waals surface area contributed by atoms with Crippen molar-refractivity contribution in [2.24, 2.45) is 0 Å². The number of aliphatic hydroxyl groups excluding tert-OH is 1. The Hall–Kier alpha value is -4.16. The van der Waals surface area contributed by atoms with Gasteiger partial charge in [0, 0.05) is 73.3 Å². The molecule has 1 fully saturated rings. The lowest BCUT2D eigenvalue weighted by Gasteiger charge is -2.16. The average Bonchev–Trinajstić information content (AvgIpc) is 3.45. The number of nitrogens with zero attached hydrogens (tertiary/aromatic N) is 3. The molecule has 236 valence electrons. The Morgan fingerprint density at radius 1 is 1.09 bits per heavy atom. The minimum atomic E-state index is -0.539. The van der Waals surface area contributed by atoms with Crippen molar-refractivity contribution < 1.29 is 19.0 Å². The highest BCUT2D eigenvalue weighted by atomic mass is 35.5. The number of methoxy groups -OCH3 is 1. The molecule has 1 aromatic carbocycles. The molecule has 5 rings (SSSR count). The molecule has 0 saturated carbocycles. The van der Waals surface area contributed by atoms with E-state index >= 15 is 4.39 Å². The van der Waals surface area contributed by atoms with E-state index in [0.717, 1.165) is 28.8 Å². The highest BCUT2D eigenvalue weighted by Crippen LogP contribution is 2.38. The van der Waals surface area contributed by atoms with E-state index in [9.17, 15) is 9.90 Å². The van der Waals surface area contributed by atoms with Crippen molar-refractivity contribution in [1.29, 1.82) is 0 Å². The summed E-state index contributed by atoms with van der Waals surface area (Å²) in [6.45, 7) is 5.43. The number of aromatic nitrogens is 3. The van der Waals surface area contributed by atoms with Crippen LogP contribution in [0.2, 0.25) is 5.02 Å². The lowest BCUT2D eigenvalue weighted by Crippen LogP contribution is -2.35. The first kappa shape index (κ1) is 32.2. The summed E-state index contributed by atoms with van der Waals surface area (Å²) in [6, 6.07) is 13.0. The zero-order valence-corrected chi connectivity index (χ0v) is 26.2. The summed E-state index contributed by atoms with van der Waals surface area (Å²) in [6.07, 6.45) is 4.09. The third-order valence-corrected chi connectivity index (χ3v) is 8.04. The van der Waals surface area contributed by atoms with Crippen LogP contribution < -0.4 is 26.0 Å². The highest BCUT2D eigenvalue weighted by Gasteiger charge is 2.21. The van der Waals surface area contributed by atoms with Gasteiger partial charge in [0.25, 0.3) is 0 Å². The van der Waals surface area contributed by atoms with Crippen molar-refractivity contribution in [3.05, 3.63) is 82.4 Å². The van der Waals surface area contributed by atoms with E-state index in [4.69, 9.17) is 21.3 Å². The molecule has 0 aliphatic carbocycles. The minimum Gasteiger partial charge on any atom is -0.481 e. The maximum atomic E-state index is 15.3. The van der Waals surface area contributed by atoms with Gasteiger partial charge in [0.15, 0.2) is 11.6 Å². The zero-order chi connectivity index (χ0) is 31.9. The second-order valence-corrected chi connectivity index (χ2v) is 11.4. The topological polar surface area (TPSA) is 133 Å². The molecule has 0 radical (unpaired) electrons. The molecule has 0 bridgehead atoms. The van der Waals surface area contributed by atoms with Gasteiger partial charge in [-0.2, -0.15) is 0 Å². The van der Waals surface area contributed by atoms with Gasteiger partial charge in [-0.15, -0.1) is 0 Å². The maximum absolute atomic E-state index is 15.3. The normalized spacial score (nSPS) is 15.2. The van der Waals surface area contributed by atoms with Crippen LogP contribution in [0.5, 0.6) is 5.88 Å². The van der Waals surface area contributed by atoms with Crippen LogP contribution in [-0.4, -0.2) is 58.3 Å². The van der Waals surface area contributed by atoms with E-state index < -0.39 is 11.9 Å². The monoisotopic (exact) mass is 633 g/mol. The standard InChI is InChI=1S/C33H37ClFN7O3/c1-19(43)15-36-16-21-11-13-39-32(30(21)35)41-27-6-4-5-25(29(27)34)31-20(2)24(12-14-38-31)26-9-7-22(33(42-26)45-3)17-37-18-23-8-10-28(44)40-23/h4-7,9,11-14,19,23,36-37,43H,8,10,15-18H2,1-3H3,(H,39,41)(H,40,44)/t19-,23-/m1/s1. The van der Waals surface area contributed by atoms with E-state index in [0.29, 0.717) is 59.5 Å². The number of hydrogen-bond acceptors (Lipinski definition) is 9. The molecule has 0 unspecified atom stereocenters. The van der Waals surface area contributed by atoms with Gasteiger partial charge in [0.1, 0.15) is 0 Å². The maximum Gasteiger partial charge on any atom is 0.220 e. The fraction of sp³-hybridized carbons (Fsp3) is 0.333. The molecule has 5 N–H and O–H groups in total. The molecule has 2 atom stereocenters. The number of aliphatic hydroxyl groups is 1. The molecule has 1 amide bonds. The summed E-state index contributed by atoms with van der Waals surface area (Å²) in [5, 5.41) is 22.3. The first-order chi connectivity index (χ1) is 21.7. The molecule has 10 nitrogen and oxygen atoms in total. The number of ether oxygens (including phenoxy) is 1. The first-order valence-corrected chi connectivity index (χ1v) is 15.2. The van der Waals surface area contributed by atoms with Crippen LogP contribution in [0.1, 0.15) is 36.5 Å². The number of hydrogen-bond donors (Lipinski definition) is 5. The Bertz CT molecular complexity index is 1670. The Kier molecular flexibility index (Phi) is 10.6. The summed E-state index contributed by atoms with van der Waals surface area (Å²) >= 11 is 6.89. The second kappa shape index (κ2) is 14.7. The number of carbonyl (C=O) groups excluding carboxylic acids is 1. The van der Waals surface area contributed by atoms with E-state index in [-0.39, 0.29) is 24.3 Å². The Morgan fingerprint density at radius 2 is 1.89 bits per heavy atom. The van der Waals surface area contributed by atoms with Crippen molar-refractivity contribution in [2.75, 3.05) is 25.5 Å². The zero-order valence-electron chi connectivity index (χ0n) is 25.5. The highest BCUT2D eigenvalue weighted by molar-refractivity contribution is 6.36. The minimum absolute atomic E-state index is 0.0442. The predicted octanol–water partition coefficient (Wildman–Crippen LogP) is 4.90. The molecule has 4 heterocycles. The first-order valence-electron chi connectivity index (χ1n) is 14.8. The van der Waals surface area contributed by atoms with Gasteiger partial charge in [0.05, 0.1) is 35.3 Å². The second-order valence-electron chi connectivity index (χ2n) is 11.0. The number of benzene rings is 1. The van der Waals surface area contributed by atoms with E-state index in [2.05, 4.69) is 31.2 Å². The summed E-state index contributed by atoms with van der Waals surface area (Å²) in [5.41, 5.74) is 5.59. The number of nitrogens with one attached hydrogen (secondary N) is 4. The molecular weight excluding hydrogens is 597 g/mol. The van der Waals surface area contributed by atoms with Gasteiger partial charge < -0.3 is 31.1 Å². The van der Waals surface area contributed by atoms with Gasteiger partial charge in [-0.05, 0) is 50.1 Å². The number of carbonyl (C=O) groups is 1. The number of rotatable bonds is 13. The van der Waals surface area contributed by atoms with Gasteiger partial charge in [-0.1, -0.05) is 29.8 Å². The molecule has 4 aromatic rings. The molecule has 0 spiro atoms. The van der Waals surface area contributed by atoms with Crippen LogP contribution in [0.4, 0.5) is 15.9 Å². The van der Waals surface area contributed by atoms with Crippen molar-refractivity contribution >= 4 is 29.0 Å². The summed E-state index contributed by atoms with van der Waals surface area (Å²) in [7, 11) is 1.59. The molecule has 12 heteroatoms. The molecule has 1 aliphatic heterocycles. The van der Waals surface area contributed by atoms with E-state index in [1.54, 1.807) is 32.4 Å². The van der Waals surface area contributed by atoms with Crippen LogP contribution in [0.15, 0.2) is 54.9 Å². The lowest BCUT2D eigenvalue weighted by atomic mass is 9.99. The van der Waals surface area contributed by atoms with Crippen molar-refractivity contribution in [1.82, 2.24) is 30.9 Å². The van der Waals surface area contributed by atoms with Crippen molar-refractivity contribution in [2.45, 2.75) is 51.9 Å². The quantitative estimate of drug-likeness (QED) is 0.139. The molecule has 1 saturated heterocycles. The number of anilines is 2. The Labute approximate surface area is 266 Å². The van der Waals surface area contributed by atoms with Gasteiger partial charge in [-0.25, -0.2) is 14.4 Å². The van der Waals surface area contributed by atoms with Crippen LogP contribution in [-0.2, 0) is 17.9 Å². The van der Waals surface area contributed by atoms with Crippen molar-refractivity contribution in [3.8, 4) is 28.4 Å². The SMILES string of the molecule is COc1nc(-c2ccnc(-c3cccc(Nc4nccc(CNC[C@@H](C)O)c4F)c3Cl)c2C)ccc1CNC[C@H]1CCC(=O)N1. The van der Waals surface area contributed by atoms with Crippen LogP contribution in [0.25, 0.3) is 22.5 Å². The van der Waals surface area contributed by atoms with Crippen LogP contribution >= 0.6 is 11.6 Å². The van der Waals surface area contributed by atoms with Crippen LogP contribution in [0.3, 0.4) is 0 Å². The fourth-order valence-electron chi connectivity index (χ4n) is 5.29. The molecule has 3 aromatic heterocycles. The summed E-state index contributed by atoms with van der Waals surface area (Å²) < 4.78 is 20.9. The van der Waals surface area contributed by atoms with Gasteiger partial charge in [-0.3, -0.25) is 9.78 Å². The molecular formula is C33H37ClFN7O3. The third kappa shape index (κ3) is 7.74. The lowest BCUT2D eigenvalue weighted by molar-refractivity contribution is -0.119. The molecule has 1 aliphatic rings. The average molecular weight is 634 g/mol. The van der Waals surface area contributed by atoms with Crippen LogP contribution in [0, 0.1) is 12.7 Å². The Morgan fingerprint density at radius 3 is 2.64 bits per heavy atom. The van der Waals surface area contributed by atoms with E-state index in [1.807, 2.05) is 37.3 Å². The third-order valence-electron chi connectivity index (χ3n) is 7.63. The van der Waals surface area contributed by atoms with Crippen molar-refractivity contribution in [3.63, 3.8) is 0 Å². The van der Waals surface area contributed by atoms with Gasteiger partial charge >= 0.3 is 0 Å². The summed E-state index contributed by atoms with van der Waals surface area (Å²) in [5.74, 6) is 0.145. The van der Waals surface area contributed by atoms with E-state index in [1.165, 1.54) is 6.20 Å². The number of halogens is 2. The predicted molar refractivity (Wildman–Crippen MR) is 173 cm³/mol. The smallest absolute Gasteiger partial charge is 0.220 e. The largest absolute Gasteiger partial charge is 0.481 e. The Balaban J connectivity index is 1.36. The number of pyridine rings is 3. The fourth-order valence-corrected chi connectivity index (χ4v) is 5.55. The number of amides is 1. The molecule has 45 heavy (non-hydrogen) atoms. The van der Waals surface area contributed by atoms with Gasteiger partial charge in [0.2, 0.25) is 11.8 Å². The summed E-state index contributed by atoms with van der Waals surface area (Å²) in [4.78, 5) is 25.1.